The Morgan fingerprint density at radius 1 is 0.240 bits per heavy atom. The third kappa shape index (κ3) is 55.1. The predicted octanol–water partition coefficient (Wildman–Crippen LogP) is 4.32. The number of hydrogen-bond acceptors (Lipinski definition) is 35. The fraction of sp³-hybridized carbons (Fsp3) is 0.804. The third-order valence-corrected chi connectivity index (χ3v) is 26.0. The number of carbonyl (C=O) groups excluding carboxylic acids is 8. The van der Waals surface area contributed by atoms with Crippen LogP contribution < -0.4 is 57.7 Å². The highest BCUT2D eigenvalue weighted by Gasteiger charge is 2.52. The van der Waals surface area contributed by atoms with Crippen molar-refractivity contribution in [2.45, 2.75) is 135 Å². The lowest BCUT2D eigenvalue weighted by Gasteiger charge is -2.27. The summed E-state index contributed by atoms with van der Waals surface area (Å²) >= 11 is 0. The largest absolute Gasteiger partial charge is 0.481 e. The van der Waals surface area contributed by atoms with Crippen LogP contribution in [0.15, 0.2) is 0 Å². The lowest BCUT2D eigenvalue weighted by atomic mass is 10.1. The van der Waals surface area contributed by atoms with Crippen molar-refractivity contribution < 1.29 is 143 Å². The van der Waals surface area contributed by atoms with Gasteiger partial charge in [0.25, 0.3) is 0 Å². The minimum absolute atomic E-state index is 0.00572. The van der Waals surface area contributed by atoms with Crippen LogP contribution in [0.4, 0.5) is 37.0 Å². The van der Waals surface area contributed by atoms with Crippen molar-refractivity contribution in [1.82, 2.24) is 57.5 Å². The van der Waals surface area contributed by atoms with Gasteiger partial charge in [-0.05, 0) is 122 Å². The van der Waals surface area contributed by atoms with Crippen LogP contribution in [-0.2, 0) is 119 Å². The number of ether oxygens (including phenoxy) is 20. The van der Waals surface area contributed by atoms with Gasteiger partial charge in [-0.15, -0.1) is 47.4 Å². The molecular formula is C102H162N14O30. The lowest BCUT2D eigenvalue weighted by Crippen LogP contribution is -2.36. The molecule has 10 N–H and O–H groups in total. The summed E-state index contributed by atoms with van der Waals surface area (Å²) in [4.78, 5) is 129. The smallest absolute Gasteiger partial charge is 0.407 e. The van der Waals surface area contributed by atoms with Crippen molar-refractivity contribution in [1.29, 1.82) is 0 Å². The summed E-state index contributed by atoms with van der Waals surface area (Å²) in [5.74, 6) is 30.5. The third-order valence-electron chi connectivity index (χ3n) is 26.0. The van der Waals surface area contributed by atoms with E-state index in [9.17, 15) is 48.3 Å². The molecule has 0 radical (unpaired) electrons. The Balaban J connectivity index is 0.671. The van der Waals surface area contributed by atoms with Crippen LogP contribution in [0.5, 0.6) is 0 Å². The number of alkyl carbamates (subject to hydrolysis) is 4. The van der Waals surface area contributed by atoms with Crippen LogP contribution in [0, 0.1) is 118 Å². The molecule has 146 heavy (non-hydrogen) atoms. The van der Waals surface area contributed by atoms with Crippen molar-refractivity contribution in [3.05, 3.63) is 0 Å². The summed E-state index contributed by atoms with van der Waals surface area (Å²) in [6.07, 6.45) is 14.0. The molecule has 44 heteroatoms. The highest BCUT2D eigenvalue weighted by Crippen LogP contribution is 2.55. The molecule has 0 aromatic carbocycles. The van der Waals surface area contributed by atoms with Gasteiger partial charge in [0.05, 0.1) is 244 Å². The van der Waals surface area contributed by atoms with Crippen LogP contribution in [0.25, 0.3) is 0 Å². The summed E-state index contributed by atoms with van der Waals surface area (Å²) in [5.41, 5.74) is 0. The Morgan fingerprint density at radius 2 is 0.425 bits per heavy atom. The van der Waals surface area contributed by atoms with Gasteiger partial charge in [-0.1, -0.05) is 0 Å². The molecular weight excluding hydrogens is 1900 g/mol. The van der Waals surface area contributed by atoms with E-state index < -0.39 is 30.3 Å². The molecule has 0 spiro atoms. The predicted molar refractivity (Wildman–Crippen MR) is 533 cm³/mol. The van der Waals surface area contributed by atoms with Gasteiger partial charge in [0.15, 0.2) is 0 Å². The number of carbonyl (C=O) groups is 9. The first-order chi connectivity index (χ1) is 71.8. The molecule has 8 aliphatic rings. The molecule has 4 saturated carbocycles. The van der Waals surface area contributed by atoms with Gasteiger partial charge in [-0.2, -0.15) is 15.0 Å². The maximum Gasteiger partial charge on any atom is 0.407 e. The molecule has 1 aromatic rings. The molecule has 820 valence electrons. The first kappa shape index (κ1) is 120. The zero-order chi connectivity index (χ0) is 103. The summed E-state index contributed by atoms with van der Waals surface area (Å²) in [5, 5.41) is 34.7. The fourth-order valence-corrected chi connectivity index (χ4v) is 17.9. The molecule has 44 nitrogen and oxygen atoms in total. The van der Waals surface area contributed by atoms with Crippen LogP contribution >= 0.6 is 0 Å². The summed E-state index contributed by atoms with van der Waals surface area (Å²) < 4.78 is 115. The number of nitrogens with zero attached hydrogens (tertiary/aromatic N) is 5. The van der Waals surface area contributed by atoms with Crippen LogP contribution in [0.1, 0.15) is 135 Å². The molecule has 8 atom stereocenters. The van der Waals surface area contributed by atoms with E-state index in [4.69, 9.17) is 110 Å². The standard InChI is InChI=1S/C102H162N14O30/c117-91(103-31-35-108-99(123)143-75-87-79-17-9-1-2-10-18-80(79)87)26-43-127-51-59-135-67-71-139-63-55-131-47-39-115(40-48-132-56-64-140-72-68-136-60-52-128-44-27-92(118)104-32-36-109-100(124)144-76-88-81-19-11-3-4-12-20-82(81)88)97-112-96(107-30-25-95(121)122)113-98(114-97)116(41-49-133-57-65-141-73-69-137-61-53-129-45-28-93(119)105-33-37-110-101(125)145-77-89-83-21-13-5-6-14-22-84(83)89)42-50-134-58-66-142-74-70-138-62-54-130-46-29-94(120)106-34-38-111-102(126)146-78-90-85-23-15-7-8-16-24-86(85)90/h79-90H,9-78H2,(H,103,117)(H,104,118)(H,105,119)(H,106,120)(H,108,123)(H,109,124)(H,110,125)(H,111,126)(H,121,122)(H,107,112,113,114). The van der Waals surface area contributed by atoms with Crippen LogP contribution in [0.2, 0.25) is 0 Å². The molecule has 1 aromatic heterocycles. The number of amides is 8. The molecule has 0 bridgehead atoms. The first-order valence-electron chi connectivity index (χ1n) is 52.8. The molecule has 8 amide bonds. The zero-order valence-electron chi connectivity index (χ0n) is 85.4. The van der Waals surface area contributed by atoms with Gasteiger partial charge < -0.3 is 157 Å². The molecule has 9 rings (SSSR count). The van der Waals surface area contributed by atoms with Gasteiger partial charge in [-0.3, -0.25) is 24.0 Å². The number of aromatic nitrogens is 3. The SMILES string of the molecule is O=C(O)CCNc1nc(N(CCOCCOCCOCCOCCC(=O)NCCNC(=O)OCC2C3CCC#CCCC32)CCOCCOCCOCCOCCC(=O)NCCNC(=O)OCC2C3CCC#CCCC32)nc(N(CCOCCOCCOCCOCCC(=O)NCCNC(=O)OCC2C3CCC#CCCC32)CCOCCOCCOCCOCCC(=O)NCCNC(=O)OCC2C3CCC#CCCC32)n1. The normalized spacial score (nSPS) is 20.4. The number of hydrogen-bond donors (Lipinski definition) is 10. The summed E-state index contributed by atoms with van der Waals surface area (Å²) in [6, 6.07) is 0. The maximum atomic E-state index is 12.4. The van der Waals surface area contributed by atoms with Crippen LogP contribution in [-0.4, -0.2) is 397 Å². The molecule has 8 unspecified atom stereocenters. The van der Waals surface area contributed by atoms with E-state index in [1.165, 1.54) is 0 Å². The van der Waals surface area contributed by atoms with Crippen LogP contribution in [0.3, 0.4) is 0 Å². The number of carboxylic acid groups (broad SMARTS) is 1. The number of anilines is 3. The number of carboxylic acids is 1. The van der Waals surface area contributed by atoms with E-state index in [1.807, 2.05) is 9.80 Å². The topological polar surface area (TPSA) is 512 Å². The second-order valence-corrected chi connectivity index (χ2v) is 36.3. The number of nitrogens with one attached hydrogen (secondary N) is 9. The van der Waals surface area contributed by atoms with E-state index in [0.29, 0.717) is 124 Å². The van der Waals surface area contributed by atoms with Crippen molar-refractivity contribution in [3.63, 3.8) is 0 Å². The second-order valence-electron chi connectivity index (χ2n) is 36.3. The first-order valence-corrected chi connectivity index (χ1v) is 52.8. The average Bonchev–Trinajstić information content (AvgIpc) is 1.64. The molecule has 0 saturated heterocycles. The van der Waals surface area contributed by atoms with E-state index >= 15 is 0 Å². The van der Waals surface area contributed by atoms with Crippen molar-refractivity contribution >= 4 is 71.8 Å². The van der Waals surface area contributed by atoms with Gasteiger partial charge in [0.2, 0.25) is 41.5 Å². The van der Waals surface area contributed by atoms with Gasteiger partial charge in [0, 0.05) is 162 Å². The zero-order valence-corrected chi connectivity index (χ0v) is 85.4. The number of aliphatic carboxylic acids is 1. The minimum Gasteiger partial charge on any atom is -0.481 e. The van der Waals surface area contributed by atoms with E-state index in [1.54, 1.807) is 0 Å². The maximum absolute atomic E-state index is 12.4. The molecule has 8 aliphatic carbocycles. The molecule has 1 heterocycles. The number of rotatable bonds is 86. The highest BCUT2D eigenvalue weighted by molar-refractivity contribution is 5.77. The average molecular weight is 2060 g/mol. The monoisotopic (exact) mass is 2060 g/mol. The van der Waals surface area contributed by atoms with E-state index in [0.717, 1.165) is 103 Å². The van der Waals surface area contributed by atoms with E-state index in [2.05, 4.69) is 95.2 Å². The summed E-state index contributed by atoms with van der Waals surface area (Å²) in [7, 11) is 0. The van der Waals surface area contributed by atoms with Gasteiger partial charge >= 0.3 is 30.3 Å². The Hall–Kier alpha value is -9.56. The quantitative estimate of drug-likeness (QED) is 0.0246. The fourth-order valence-electron chi connectivity index (χ4n) is 17.9. The van der Waals surface area contributed by atoms with Crippen molar-refractivity contribution in [3.8, 4) is 47.4 Å². The molecule has 0 aliphatic heterocycles. The minimum atomic E-state index is -1.03. The second kappa shape index (κ2) is 76.9. The highest BCUT2D eigenvalue weighted by atomic mass is 16.6. The molecule has 4 fully saturated rings. The van der Waals surface area contributed by atoms with Crippen molar-refractivity contribution in [2.24, 2.45) is 71.0 Å². The Bertz CT molecular complexity index is 3610. The Kier molecular flexibility index (Phi) is 63.2. The van der Waals surface area contributed by atoms with E-state index in [-0.39, 0.29) is 344 Å². The lowest BCUT2D eigenvalue weighted by molar-refractivity contribution is -0.136. The van der Waals surface area contributed by atoms with Crippen molar-refractivity contribution in [2.75, 3.05) is 338 Å². The summed E-state index contributed by atoms with van der Waals surface area (Å²) in [6.45, 7) is 12.8. The number of fused-ring (bicyclic) bond motifs is 4. The Morgan fingerprint density at radius 3 is 0.623 bits per heavy atom. The van der Waals surface area contributed by atoms with Gasteiger partial charge in [-0.25, -0.2) is 19.2 Å². The Labute approximate surface area is 859 Å². The van der Waals surface area contributed by atoms with Gasteiger partial charge in [0.1, 0.15) is 0 Å².